The van der Waals surface area contributed by atoms with Crippen LogP contribution in [0.4, 0.5) is 21.9 Å². The average molecular weight is 569 g/mol. The molecule has 41 heavy (non-hydrogen) atoms. The van der Waals surface area contributed by atoms with Crippen LogP contribution in [0.5, 0.6) is 11.6 Å². The van der Waals surface area contributed by atoms with Gasteiger partial charge in [0, 0.05) is 24.3 Å². The van der Waals surface area contributed by atoms with Crippen molar-refractivity contribution >= 4 is 56.5 Å². The Morgan fingerprint density at radius 1 is 1.12 bits per heavy atom. The molecule has 208 valence electrons. The molecule has 1 fully saturated rings. The van der Waals surface area contributed by atoms with E-state index in [0.29, 0.717) is 50.2 Å². The molecule has 1 saturated carbocycles. The molecule has 6 rings (SSSR count). The summed E-state index contributed by atoms with van der Waals surface area (Å²) in [4.78, 5) is 50.2. The van der Waals surface area contributed by atoms with Gasteiger partial charge in [0.05, 0.1) is 28.6 Å². The monoisotopic (exact) mass is 568 g/mol. The summed E-state index contributed by atoms with van der Waals surface area (Å²) in [7, 11) is 0. The third-order valence-electron chi connectivity index (χ3n) is 7.26. The molecule has 1 aromatic carbocycles. The predicted molar refractivity (Wildman–Crippen MR) is 158 cm³/mol. The van der Waals surface area contributed by atoms with Crippen molar-refractivity contribution in [3.63, 3.8) is 0 Å². The molecule has 4 aromatic rings. The SMILES string of the molecule is C=CC(=O)NC1CCC[C@@H](NC(=O)c2sc3nccc4c3c2NC(=O)N4c2cnc(Oc3ccccc3)cc2C)C1. The van der Waals surface area contributed by atoms with Crippen LogP contribution >= 0.6 is 11.3 Å². The lowest BCUT2D eigenvalue weighted by atomic mass is 9.91. The van der Waals surface area contributed by atoms with Gasteiger partial charge in [-0.05, 0) is 62.4 Å². The van der Waals surface area contributed by atoms with E-state index < -0.39 is 6.03 Å². The lowest BCUT2D eigenvalue weighted by molar-refractivity contribution is -0.117. The number of para-hydroxylation sites is 1. The highest BCUT2D eigenvalue weighted by atomic mass is 32.1. The Bertz CT molecular complexity index is 1670. The number of anilines is 3. The molecule has 1 aliphatic carbocycles. The second-order valence-electron chi connectivity index (χ2n) is 10.1. The van der Waals surface area contributed by atoms with Crippen LogP contribution in [0.3, 0.4) is 0 Å². The summed E-state index contributed by atoms with van der Waals surface area (Å²) < 4.78 is 5.86. The predicted octanol–water partition coefficient (Wildman–Crippen LogP) is 5.82. The van der Waals surface area contributed by atoms with Gasteiger partial charge < -0.3 is 20.7 Å². The minimum atomic E-state index is -0.399. The van der Waals surface area contributed by atoms with Gasteiger partial charge in [0.25, 0.3) is 5.91 Å². The Morgan fingerprint density at radius 2 is 1.90 bits per heavy atom. The molecule has 0 bridgehead atoms. The van der Waals surface area contributed by atoms with Gasteiger partial charge in [0.15, 0.2) is 0 Å². The molecule has 3 N–H and O–H groups in total. The summed E-state index contributed by atoms with van der Waals surface area (Å²) in [5, 5.41) is 9.67. The van der Waals surface area contributed by atoms with Gasteiger partial charge in [0.2, 0.25) is 11.8 Å². The van der Waals surface area contributed by atoms with E-state index in [0.717, 1.165) is 24.8 Å². The molecule has 1 aliphatic heterocycles. The van der Waals surface area contributed by atoms with Crippen LogP contribution in [-0.4, -0.2) is 39.9 Å². The highest BCUT2D eigenvalue weighted by Gasteiger charge is 2.34. The largest absolute Gasteiger partial charge is 0.439 e. The Morgan fingerprint density at radius 3 is 2.66 bits per heavy atom. The molecule has 3 aromatic heterocycles. The van der Waals surface area contributed by atoms with E-state index in [1.165, 1.54) is 17.4 Å². The number of nitrogens with one attached hydrogen (secondary N) is 3. The number of hydrogen-bond acceptors (Lipinski definition) is 7. The number of hydrogen-bond donors (Lipinski definition) is 3. The fraction of sp³-hybridized carbons (Fsp3) is 0.233. The van der Waals surface area contributed by atoms with Gasteiger partial charge in [0.1, 0.15) is 15.5 Å². The molecule has 11 heteroatoms. The van der Waals surface area contributed by atoms with Gasteiger partial charge in [-0.25, -0.2) is 14.8 Å². The third-order valence-corrected chi connectivity index (χ3v) is 8.35. The van der Waals surface area contributed by atoms with E-state index in [4.69, 9.17) is 4.74 Å². The zero-order valence-corrected chi connectivity index (χ0v) is 23.2. The molecule has 2 aliphatic rings. The van der Waals surface area contributed by atoms with Crippen molar-refractivity contribution in [2.45, 2.75) is 44.7 Å². The molecule has 0 saturated heterocycles. The minimum absolute atomic E-state index is 0.0248. The average Bonchev–Trinajstić information content (AvgIpc) is 3.34. The fourth-order valence-corrected chi connectivity index (χ4v) is 6.39. The van der Waals surface area contributed by atoms with E-state index in [9.17, 15) is 14.4 Å². The Kier molecular flexibility index (Phi) is 7.10. The number of aryl methyl sites for hydroxylation is 1. The number of carbonyl (C=O) groups is 3. The number of carbonyl (C=O) groups excluding carboxylic acids is 3. The van der Waals surface area contributed by atoms with Crippen molar-refractivity contribution < 1.29 is 19.1 Å². The maximum atomic E-state index is 13.5. The quantitative estimate of drug-likeness (QED) is 0.241. The van der Waals surface area contributed by atoms with Crippen LogP contribution in [0.15, 0.2) is 67.5 Å². The van der Waals surface area contributed by atoms with E-state index in [2.05, 4.69) is 32.5 Å². The van der Waals surface area contributed by atoms with Crippen molar-refractivity contribution in [2.75, 3.05) is 10.2 Å². The molecule has 1 unspecified atom stereocenters. The molecule has 0 spiro atoms. The van der Waals surface area contributed by atoms with Crippen LogP contribution < -0.4 is 25.6 Å². The van der Waals surface area contributed by atoms with Crippen molar-refractivity contribution in [3.8, 4) is 11.6 Å². The summed E-state index contributed by atoms with van der Waals surface area (Å²) in [6, 6.07) is 12.4. The zero-order chi connectivity index (χ0) is 28.5. The first-order valence-electron chi connectivity index (χ1n) is 13.4. The molecule has 4 heterocycles. The van der Waals surface area contributed by atoms with E-state index >= 15 is 0 Å². The van der Waals surface area contributed by atoms with Gasteiger partial charge in [-0.1, -0.05) is 24.8 Å². The number of rotatable bonds is 7. The Balaban J connectivity index is 1.27. The number of nitrogens with zero attached hydrogens (tertiary/aromatic N) is 3. The van der Waals surface area contributed by atoms with Gasteiger partial charge >= 0.3 is 6.03 Å². The van der Waals surface area contributed by atoms with E-state index in [1.807, 2.05) is 37.3 Å². The second kappa shape index (κ2) is 11.0. The summed E-state index contributed by atoms with van der Waals surface area (Å²) >= 11 is 1.24. The summed E-state index contributed by atoms with van der Waals surface area (Å²) in [6.45, 7) is 5.39. The van der Waals surface area contributed by atoms with Crippen molar-refractivity contribution in [3.05, 3.63) is 78.0 Å². The highest BCUT2D eigenvalue weighted by Crippen LogP contribution is 2.46. The molecule has 4 amide bonds. The van der Waals surface area contributed by atoms with Gasteiger partial charge in [-0.15, -0.1) is 11.3 Å². The third kappa shape index (κ3) is 5.23. The lowest BCUT2D eigenvalue weighted by Gasteiger charge is -2.30. The standard InChI is InChI=1S/C30H28N6O4S/c1-3-23(37)33-18-8-7-9-19(15-18)34-28(38)27-26-25-21(12-13-31-29(25)41-27)36(30(39)35-26)22-16-32-24(14-17(22)2)40-20-10-5-4-6-11-20/h3-6,10-14,16,18-19H,1,7-9,15H2,2H3,(H,33,37)(H,34,38)(H,35,39)/t18?,19-/m1/s1. The van der Waals surface area contributed by atoms with Gasteiger partial charge in [-0.3, -0.25) is 14.5 Å². The van der Waals surface area contributed by atoms with Crippen LogP contribution in [0.2, 0.25) is 0 Å². The maximum Gasteiger partial charge on any atom is 0.331 e. The van der Waals surface area contributed by atoms with Crippen molar-refractivity contribution in [1.29, 1.82) is 0 Å². The van der Waals surface area contributed by atoms with Crippen LogP contribution in [-0.2, 0) is 4.79 Å². The molecular weight excluding hydrogens is 540 g/mol. The zero-order valence-electron chi connectivity index (χ0n) is 22.3. The lowest BCUT2D eigenvalue weighted by Crippen LogP contribution is -2.45. The topological polar surface area (TPSA) is 126 Å². The second-order valence-corrected chi connectivity index (χ2v) is 11.1. The first-order chi connectivity index (χ1) is 19.9. The van der Waals surface area contributed by atoms with Crippen LogP contribution in [0.1, 0.15) is 40.9 Å². The van der Waals surface area contributed by atoms with E-state index in [1.54, 1.807) is 29.4 Å². The fourth-order valence-electron chi connectivity index (χ4n) is 5.37. The highest BCUT2D eigenvalue weighted by molar-refractivity contribution is 7.21. The maximum absolute atomic E-state index is 13.5. The number of benzene rings is 1. The smallest absolute Gasteiger partial charge is 0.331 e. The number of pyridine rings is 2. The van der Waals surface area contributed by atoms with Crippen molar-refractivity contribution in [1.82, 2.24) is 20.6 Å². The number of ether oxygens (including phenoxy) is 1. The number of aromatic nitrogens is 2. The van der Waals surface area contributed by atoms with E-state index in [-0.39, 0.29) is 23.9 Å². The number of thiophene rings is 1. The molecule has 0 radical (unpaired) electrons. The molecular formula is C30H28N6O4S. The summed E-state index contributed by atoms with van der Waals surface area (Å²) in [5.74, 6) is 0.589. The number of amides is 4. The van der Waals surface area contributed by atoms with Crippen molar-refractivity contribution in [2.24, 2.45) is 0 Å². The Labute approximate surface area is 240 Å². The summed E-state index contributed by atoms with van der Waals surface area (Å²) in [6.07, 6.45) is 7.67. The molecule has 2 atom stereocenters. The van der Waals surface area contributed by atoms with Crippen LogP contribution in [0.25, 0.3) is 10.2 Å². The van der Waals surface area contributed by atoms with Crippen LogP contribution in [0, 0.1) is 6.92 Å². The first kappa shape index (κ1) is 26.5. The van der Waals surface area contributed by atoms with Gasteiger partial charge in [-0.2, -0.15) is 0 Å². The summed E-state index contributed by atoms with van der Waals surface area (Å²) in [5.41, 5.74) is 2.45. The normalized spacial score (nSPS) is 18.0. The number of urea groups is 1. The minimum Gasteiger partial charge on any atom is -0.439 e. The first-order valence-corrected chi connectivity index (χ1v) is 14.2. The molecule has 10 nitrogen and oxygen atoms in total. The Hall–Kier alpha value is -4.77.